The number of hydrogen-bond acceptors (Lipinski definition) is 5. The quantitative estimate of drug-likeness (QED) is 0.634. The topological polar surface area (TPSA) is 88.7 Å². The Bertz CT molecular complexity index is 812. The third kappa shape index (κ3) is 4.55. The highest BCUT2D eigenvalue weighted by Gasteiger charge is 2.50. The van der Waals surface area contributed by atoms with E-state index < -0.39 is 11.9 Å². The highest BCUT2D eigenvalue weighted by Crippen LogP contribution is 2.47. The van der Waals surface area contributed by atoms with E-state index in [-0.39, 0.29) is 46.3 Å². The van der Waals surface area contributed by atoms with Crippen LogP contribution in [0.5, 0.6) is 5.75 Å². The predicted octanol–water partition coefficient (Wildman–Crippen LogP) is 2.62. The van der Waals surface area contributed by atoms with Crippen molar-refractivity contribution in [1.82, 2.24) is 16.1 Å². The maximum absolute atomic E-state index is 13.5. The van der Waals surface area contributed by atoms with Gasteiger partial charge in [-0.2, -0.15) is 5.48 Å². The van der Waals surface area contributed by atoms with Crippen molar-refractivity contribution in [2.75, 3.05) is 6.61 Å². The van der Waals surface area contributed by atoms with Gasteiger partial charge in [-0.3, -0.25) is 14.4 Å². The van der Waals surface area contributed by atoms with Gasteiger partial charge in [-0.25, -0.2) is 4.39 Å². The average Bonchev–Trinajstić information content (AvgIpc) is 3.17. The normalized spacial score (nSPS) is 32.6. The summed E-state index contributed by atoms with van der Waals surface area (Å²) in [6.45, 7) is 1.80. The zero-order valence-electron chi connectivity index (χ0n) is 16.9. The third-order valence-corrected chi connectivity index (χ3v) is 6.88. The molecule has 2 unspecified atom stereocenters. The van der Waals surface area contributed by atoms with Gasteiger partial charge < -0.3 is 15.4 Å². The van der Waals surface area contributed by atoms with Gasteiger partial charge in [0.25, 0.3) is 11.8 Å². The van der Waals surface area contributed by atoms with Crippen LogP contribution in [-0.2, 0) is 14.4 Å². The molecule has 3 aliphatic carbocycles. The van der Waals surface area contributed by atoms with E-state index in [0.29, 0.717) is 6.42 Å². The van der Waals surface area contributed by atoms with E-state index in [2.05, 4.69) is 16.1 Å². The number of fused-ring (bicyclic) bond motifs is 3. The molecule has 3 saturated carbocycles. The lowest BCUT2D eigenvalue weighted by Crippen LogP contribution is -2.64. The molecular weight excluding hydrogens is 413 g/mol. The summed E-state index contributed by atoms with van der Waals surface area (Å²) < 4.78 is 18.9. The molecule has 164 valence electrons. The first-order valence-electron chi connectivity index (χ1n) is 10.4. The summed E-state index contributed by atoms with van der Waals surface area (Å²) in [5.74, 6) is -0.618. The summed E-state index contributed by atoms with van der Waals surface area (Å²) in [4.78, 5) is 30.4. The SMILES string of the molecule is CC1CC(C(=O)NC23CCC(NC(=O)COc4ccc(Cl)c(F)c4)(CC2)CC3)ON1. The van der Waals surface area contributed by atoms with Crippen LogP contribution in [0.25, 0.3) is 0 Å². The fourth-order valence-electron chi connectivity index (χ4n) is 4.73. The van der Waals surface area contributed by atoms with E-state index in [1.165, 1.54) is 12.1 Å². The number of hydrogen-bond donors (Lipinski definition) is 3. The fraction of sp³-hybridized carbons (Fsp3) is 0.619. The van der Waals surface area contributed by atoms with E-state index in [1.807, 2.05) is 6.92 Å². The van der Waals surface area contributed by atoms with Gasteiger partial charge in [0.05, 0.1) is 5.02 Å². The minimum absolute atomic E-state index is 0.0101. The van der Waals surface area contributed by atoms with Crippen LogP contribution in [0.1, 0.15) is 51.9 Å². The molecule has 30 heavy (non-hydrogen) atoms. The van der Waals surface area contributed by atoms with Crippen molar-refractivity contribution in [3.8, 4) is 5.75 Å². The zero-order chi connectivity index (χ0) is 21.4. The number of rotatable bonds is 6. The van der Waals surface area contributed by atoms with Crippen LogP contribution >= 0.6 is 11.6 Å². The molecule has 1 aromatic rings. The molecular formula is C21H27ClFN3O4. The molecule has 2 atom stereocenters. The standard InChI is InChI=1S/C21H27ClFN3O4/c1-13-10-17(30-26-13)19(28)25-21-7-4-20(5-8-21,6-9-21)24-18(27)12-29-14-2-3-15(22)16(23)11-14/h2-3,11,13,17,26H,4-10,12H2,1H3,(H,24,27)(H,25,28). The fourth-order valence-corrected chi connectivity index (χ4v) is 4.84. The lowest BCUT2D eigenvalue weighted by atomic mass is 9.61. The van der Waals surface area contributed by atoms with Gasteiger partial charge >= 0.3 is 0 Å². The molecule has 0 aromatic heterocycles. The second-order valence-electron chi connectivity index (χ2n) is 8.82. The Balaban J connectivity index is 1.26. The molecule has 7 nitrogen and oxygen atoms in total. The Hall–Kier alpha value is -1.90. The minimum atomic E-state index is -0.584. The summed E-state index contributed by atoms with van der Waals surface area (Å²) in [6.07, 6.45) is 5.07. The summed E-state index contributed by atoms with van der Waals surface area (Å²) in [5.41, 5.74) is 2.36. The van der Waals surface area contributed by atoms with Crippen molar-refractivity contribution < 1.29 is 23.6 Å². The molecule has 9 heteroatoms. The van der Waals surface area contributed by atoms with Gasteiger partial charge in [-0.1, -0.05) is 11.6 Å². The van der Waals surface area contributed by atoms with Gasteiger partial charge in [0.2, 0.25) is 0 Å². The van der Waals surface area contributed by atoms with Gasteiger partial charge in [-0.05, 0) is 57.6 Å². The second kappa shape index (κ2) is 8.32. The Labute approximate surface area is 180 Å². The summed E-state index contributed by atoms with van der Waals surface area (Å²) in [7, 11) is 0. The first-order valence-corrected chi connectivity index (χ1v) is 10.8. The first kappa shape index (κ1) is 21.3. The van der Waals surface area contributed by atoms with Gasteiger partial charge in [0.15, 0.2) is 12.7 Å². The molecule has 1 heterocycles. The van der Waals surface area contributed by atoms with E-state index >= 15 is 0 Å². The van der Waals surface area contributed by atoms with Crippen LogP contribution in [0, 0.1) is 5.82 Å². The molecule has 1 saturated heterocycles. The molecule has 3 N–H and O–H groups in total. The largest absolute Gasteiger partial charge is 0.484 e. The zero-order valence-corrected chi connectivity index (χ0v) is 17.7. The van der Waals surface area contributed by atoms with Crippen LogP contribution in [0.2, 0.25) is 5.02 Å². The number of ether oxygens (including phenoxy) is 1. The van der Waals surface area contributed by atoms with Crippen LogP contribution in [0.4, 0.5) is 4.39 Å². The van der Waals surface area contributed by atoms with Crippen molar-refractivity contribution in [3.63, 3.8) is 0 Å². The Morgan fingerprint density at radius 1 is 1.20 bits per heavy atom. The predicted molar refractivity (Wildman–Crippen MR) is 108 cm³/mol. The third-order valence-electron chi connectivity index (χ3n) is 6.57. The number of nitrogens with one attached hydrogen (secondary N) is 3. The van der Waals surface area contributed by atoms with Crippen LogP contribution in [0.15, 0.2) is 18.2 Å². The summed E-state index contributed by atoms with van der Waals surface area (Å²) in [5, 5.41) is 6.35. The Kier molecular flexibility index (Phi) is 5.92. The average molecular weight is 440 g/mol. The Morgan fingerprint density at radius 3 is 2.40 bits per heavy atom. The van der Waals surface area contributed by atoms with E-state index in [4.69, 9.17) is 21.2 Å². The molecule has 0 radical (unpaired) electrons. The highest BCUT2D eigenvalue weighted by atomic mass is 35.5. The lowest BCUT2D eigenvalue weighted by molar-refractivity contribution is -0.137. The highest BCUT2D eigenvalue weighted by molar-refractivity contribution is 6.30. The van der Waals surface area contributed by atoms with Crippen molar-refractivity contribution in [2.24, 2.45) is 0 Å². The number of halogens is 2. The van der Waals surface area contributed by atoms with Crippen molar-refractivity contribution in [3.05, 3.63) is 29.0 Å². The maximum Gasteiger partial charge on any atom is 0.258 e. The smallest absolute Gasteiger partial charge is 0.258 e. The molecule has 2 amide bonds. The number of amides is 2. The van der Waals surface area contributed by atoms with E-state index in [1.54, 1.807) is 0 Å². The molecule has 1 aromatic carbocycles. The molecule has 5 rings (SSSR count). The lowest BCUT2D eigenvalue weighted by Gasteiger charge is -2.54. The molecule has 0 spiro atoms. The molecule has 4 aliphatic rings. The van der Waals surface area contributed by atoms with Crippen molar-refractivity contribution in [2.45, 2.75) is 75.1 Å². The van der Waals surface area contributed by atoms with Crippen molar-refractivity contribution >= 4 is 23.4 Å². The number of hydroxylamine groups is 1. The van der Waals surface area contributed by atoms with Crippen LogP contribution in [-0.4, -0.2) is 41.6 Å². The van der Waals surface area contributed by atoms with Gasteiger partial charge in [-0.15, -0.1) is 0 Å². The molecule has 2 bridgehead atoms. The van der Waals surface area contributed by atoms with Crippen LogP contribution in [0.3, 0.4) is 0 Å². The van der Waals surface area contributed by atoms with Crippen LogP contribution < -0.4 is 20.9 Å². The van der Waals surface area contributed by atoms with Gasteiger partial charge in [0, 0.05) is 29.6 Å². The van der Waals surface area contributed by atoms with E-state index in [9.17, 15) is 14.0 Å². The molecule has 1 aliphatic heterocycles. The summed E-state index contributed by atoms with van der Waals surface area (Å²) in [6, 6.07) is 4.26. The number of benzene rings is 1. The minimum Gasteiger partial charge on any atom is -0.484 e. The van der Waals surface area contributed by atoms with E-state index in [0.717, 1.165) is 44.6 Å². The maximum atomic E-state index is 13.5. The van der Waals surface area contributed by atoms with Gasteiger partial charge in [0.1, 0.15) is 11.6 Å². The monoisotopic (exact) mass is 439 g/mol. The first-order chi connectivity index (χ1) is 14.3. The number of carbonyl (C=O) groups excluding carboxylic acids is 2. The second-order valence-corrected chi connectivity index (χ2v) is 9.23. The van der Waals surface area contributed by atoms with Crippen molar-refractivity contribution in [1.29, 1.82) is 0 Å². The Morgan fingerprint density at radius 2 is 1.83 bits per heavy atom. The molecule has 4 fully saturated rings. The number of carbonyl (C=O) groups is 2. The summed E-state index contributed by atoms with van der Waals surface area (Å²) >= 11 is 5.65.